The number of hydrogen-bond donors (Lipinski definition) is 1. The first kappa shape index (κ1) is 10.2. The van der Waals surface area contributed by atoms with Crippen LogP contribution < -0.4 is 0 Å². The van der Waals surface area contributed by atoms with E-state index in [0.717, 1.165) is 0 Å². The van der Waals surface area contributed by atoms with E-state index < -0.39 is 12.6 Å². The summed E-state index contributed by atoms with van der Waals surface area (Å²) in [5.41, 5.74) is 1.21. The van der Waals surface area contributed by atoms with Gasteiger partial charge in [-0.25, -0.2) is 4.79 Å². The second kappa shape index (κ2) is 4.96. The number of aliphatic carboxylic acids is 1. The summed E-state index contributed by atoms with van der Waals surface area (Å²) in [4.78, 5) is 18.7. The summed E-state index contributed by atoms with van der Waals surface area (Å²) in [6.45, 7) is 1.26. The molecule has 0 aliphatic heterocycles. The lowest BCUT2D eigenvalue weighted by Gasteiger charge is -1.98. The van der Waals surface area contributed by atoms with E-state index >= 15 is 0 Å². The maximum atomic E-state index is 10.1. The molecular formula is C9H10N2O3. The van der Waals surface area contributed by atoms with Gasteiger partial charge in [0.25, 0.3) is 0 Å². The van der Waals surface area contributed by atoms with Crippen LogP contribution in [0.3, 0.4) is 0 Å². The van der Waals surface area contributed by atoms with Crippen molar-refractivity contribution in [2.75, 3.05) is 6.61 Å². The SMILES string of the molecule is CC(=NOCC(=O)O)c1ccccn1. The van der Waals surface area contributed by atoms with Crippen molar-refractivity contribution in [2.45, 2.75) is 6.92 Å². The van der Waals surface area contributed by atoms with Crippen molar-refractivity contribution in [3.05, 3.63) is 30.1 Å². The Morgan fingerprint density at radius 3 is 3.00 bits per heavy atom. The van der Waals surface area contributed by atoms with Crippen molar-refractivity contribution < 1.29 is 14.7 Å². The molecule has 0 bridgehead atoms. The Balaban J connectivity index is 2.57. The van der Waals surface area contributed by atoms with Gasteiger partial charge >= 0.3 is 5.97 Å². The molecule has 0 saturated heterocycles. The molecule has 0 saturated carbocycles. The van der Waals surface area contributed by atoms with E-state index in [2.05, 4.69) is 15.0 Å². The average molecular weight is 194 g/mol. The molecule has 0 atom stereocenters. The van der Waals surface area contributed by atoms with Gasteiger partial charge in [0.05, 0.1) is 5.69 Å². The fourth-order valence-corrected chi connectivity index (χ4v) is 0.808. The van der Waals surface area contributed by atoms with Gasteiger partial charge in [0.1, 0.15) is 5.71 Å². The Kier molecular flexibility index (Phi) is 3.60. The smallest absolute Gasteiger partial charge is 0.344 e. The zero-order valence-corrected chi connectivity index (χ0v) is 7.67. The minimum absolute atomic E-state index is 0.440. The Morgan fingerprint density at radius 2 is 2.43 bits per heavy atom. The van der Waals surface area contributed by atoms with E-state index in [1.54, 1.807) is 25.3 Å². The molecule has 0 fully saturated rings. The minimum atomic E-state index is -1.05. The van der Waals surface area contributed by atoms with Crippen LogP contribution in [-0.2, 0) is 9.63 Å². The van der Waals surface area contributed by atoms with Crippen LogP contribution in [0.1, 0.15) is 12.6 Å². The van der Waals surface area contributed by atoms with Gasteiger partial charge in [-0.05, 0) is 19.1 Å². The van der Waals surface area contributed by atoms with Crippen LogP contribution in [-0.4, -0.2) is 28.4 Å². The molecule has 0 aliphatic rings. The Bertz CT molecular complexity index is 335. The van der Waals surface area contributed by atoms with Gasteiger partial charge in [-0.2, -0.15) is 0 Å². The van der Waals surface area contributed by atoms with Gasteiger partial charge in [0, 0.05) is 6.20 Å². The summed E-state index contributed by atoms with van der Waals surface area (Å²) in [7, 11) is 0. The first-order chi connectivity index (χ1) is 6.70. The van der Waals surface area contributed by atoms with Crippen molar-refractivity contribution >= 4 is 11.7 Å². The van der Waals surface area contributed by atoms with Gasteiger partial charge in [-0.15, -0.1) is 0 Å². The third kappa shape index (κ3) is 3.22. The Hall–Kier alpha value is -1.91. The molecule has 1 rings (SSSR count). The van der Waals surface area contributed by atoms with Crippen LogP contribution in [0.4, 0.5) is 0 Å². The highest BCUT2D eigenvalue weighted by atomic mass is 16.6. The van der Waals surface area contributed by atoms with E-state index in [-0.39, 0.29) is 0 Å². The highest BCUT2D eigenvalue weighted by molar-refractivity contribution is 5.96. The van der Waals surface area contributed by atoms with E-state index in [0.29, 0.717) is 11.4 Å². The zero-order chi connectivity index (χ0) is 10.4. The molecule has 0 aromatic carbocycles. The molecule has 1 heterocycles. The van der Waals surface area contributed by atoms with E-state index in [4.69, 9.17) is 5.11 Å². The lowest BCUT2D eigenvalue weighted by molar-refractivity contribution is -0.142. The largest absolute Gasteiger partial charge is 0.479 e. The highest BCUT2D eigenvalue weighted by Crippen LogP contribution is 1.96. The molecule has 0 aliphatic carbocycles. The molecule has 0 amide bonds. The summed E-state index contributed by atoms with van der Waals surface area (Å²) in [6, 6.07) is 5.37. The van der Waals surface area contributed by atoms with Crippen LogP contribution in [0.5, 0.6) is 0 Å². The lowest BCUT2D eigenvalue weighted by atomic mass is 10.3. The van der Waals surface area contributed by atoms with E-state index in [1.807, 2.05) is 6.07 Å². The first-order valence-corrected chi connectivity index (χ1v) is 4.00. The highest BCUT2D eigenvalue weighted by Gasteiger charge is 1.99. The van der Waals surface area contributed by atoms with Crippen molar-refractivity contribution in [1.29, 1.82) is 0 Å². The van der Waals surface area contributed by atoms with Gasteiger partial charge in [-0.1, -0.05) is 11.2 Å². The van der Waals surface area contributed by atoms with Gasteiger partial charge in [0.15, 0.2) is 0 Å². The maximum Gasteiger partial charge on any atom is 0.344 e. The summed E-state index contributed by atoms with van der Waals surface area (Å²) >= 11 is 0. The molecule has 14 heavy (non-hydrogen) atoms. The van der Waals surface area contributed by atoms with Crippen molar-refractivity contribution in [3.8, 4) is 0 Å². The topological polar surface area (TPSA) is 71.8 Å². The maximum absolute atomic E-state index is 10.1. The Morgan fingerprint density at radius 1 is 1.64 bits per heavy atom. The third-order valence-corrected chi connectivity index (χ3v) is 1.43. The van der Waals surface area contributed by atoms with Crippen LogP contribution in [0.2, 0.25) is 0 Å². The van der Waals surface area contributed by atoms with E-state index in [1.165, 1.54) is 0 Å². The van der Waals surface area contributed by atoms with Crippen LogP contribution in [0.25, 0.3) is 0 Å². The molecule has 0 unspecified atom stereocenters. The predicted octanol–water partition coefficient (Wildman–Crippen LogP) is 0.907. The molecule has 1 aromatic rings. The van der Waals surface area contributed by atoms with Crippen molar-refractivity contribution in [2.24, 2.45) is 5.16 Å². The van der Waals surface area contributed by atoms with Crippen LogP contribution in [0, 0.1) is 0 Å². The third-order valence-electron chi connectivity index (χ3n) is 1.43. The number of hydrogen-bond acceptors (Lipinski definition) is 4. The first-order valence-electron chi connectivity index (χ1n) is 4.00. The molecule has 5 nitrogen and oxygen atoms in total. The standard InChI is InChI=1S/C9H10N2O3/c1-7(11-14-6-9(12)13)8-4-2-3-5-10-8/h2-5H,6H2,1H3,(H,12,13). The number of oxime groups is 1. The van der Waals surface area contributed by atoms with Gasteiger partial charge < -0.3 is 9.94 Å². The number of rotatable bonds is 4. The lowest BCUT2D eigenvalue weighted by Crippen LogP contribution is -2.06. The molecule has 0 spiro atoms. The zero-order valence-electron chi connectivity index (χ0n) is 7.67. The molecule has 1 N–H and O–H groups in total. The monoisotopic (exact) mass is 194 g/mol. The summed E-state index contributed by atoms with van der Waals surface area (Å²) < 4.78 is 0. The quantitative estimate of drug-likeness (QED) is 0.571. The normalized spacial score (nSPS) is 11.1. The van der Waals surface area contributed by atoms with Gasteiger partial charge in [0.2, 0.25) is 6.61 Å². The number of aromatic nitrogens is 1. The van der Waals surface area contributed by atoms with Crippen molar-refractivity contribution in [1.82, 2.24) is 4.98 Å². The summed E-state index contributed by atoms with van der Waals surface area (Å²) in [6.07, 6.45) is 1.63. The average Bonchev–Trinajstić information content (AvgIpc) is 2.18. The molecular weight excluding hydrogens is 184 g/mol. The molecule has 5 heteroatoms. The predicted molar refractivity (Wildman–Crippen MR) is 50.0 cm³/mol. The van der Waals surface area contributed by atoms with Crippen molar-refractivity contribution in [3.63, 3.8) is 0 Å². The number of carboxylic acid groups (broad SMARTS) is 1. The molecule has 74 valence electrons. The minimum Gasteiger partial charge on any atom is -0.479 e. The molecule has 0 radical (unpaired) electrons. The fraction of sp³-hybridized carbons (Fsp3) is 0.222. The van der Waals surface area contributed by atoms with Gasteiger partial charge in [-0.3, -0.25) is 4.98 Å². The second-order valence-corrected chi connectivity index (χ2v) is 2.56. The van der Waals surface area contributed by atoms with Crippen LogP contribution in [0.15, 0.2) is 29.6 Å². The summed E-state index contributed by atoms with van der Waals surface area (Å²) in [5, 5.41) is 11.9. The summed E-state index contributed by atoms with van der Waals surface area (Å²) in [5.74, 6) is -1.05. The number of carbonyl (C=O) groups is 1. The molecule has 1 aromatic heterocycles. The fourth-order valence-electron chi connectivity index (χ4n) is 0.808. The van der Waals surface area contributed by atoms with Crippen LogP contribution >= 0.6 is 0 Å². The van der Waals surface area contributed by atoms with E-state index in [9.17, 15) is 4.79 Å². The number of nitrogens with zero attached hydrogens (tertiary/aromatic N) is 2. The number of pyridine rings is 1. The Labute approximate surface area is 81.0 Å². The number of carboxylic acids is 1. The second-order valence-electron chi connectivity index (χ2n) is 2.56.